The Balaban J connectivity index is 1.45. The SMILES string of the molecule is COc1ccccc1-c1ccccc1CN1CCN(c2ccc([C]=O)cc2)CC1. The van der Waals surface area contributed by atoms with Crippen LogP contribution >= 0.6 is 0 Å². The molecule has 1 saturated heterocycles. The zero-order valence-corrected chi connectivity index (χ0v) is 16.7. The molecule has 1 radical (unpaired) electrons. The number of methoxy groups -OCH3 is 1. The van der Waals surface area contributed by atoms with E-state index in [0.717, 1.165) is 49.7 Å². The van der Waals surface area contributed by atoms with E-state index < -0.39 is 0 Å². The molecule has 1 aliphatic heterocycles. The van der Waals surface area contributed by atoms with E-state index in [4.69, 9.17) is 4.74 Å². The number of hydrogen-bond donors (Lipinski definition) is 0. The summed E-state index contributed by atoms with van der Waals surface area (Å²) >= 11 is 0. The highest BCUT2D eigenvalue weighted by Gasteiger charge is 2.19. The van der Waals surface area contributed by atoms with Crippen LogP contribution in [-0.2, 0) is 11.3 Å². The van der Waals surface area contributed by atoms with E-state index in [1.54, 1.807) is 7.11 Å². The van der Waals surface area contributed by atoms with E-state index in [2.05, 4.69) is 46.2 Å². The second-order valence-corrected chi connectivity index (χ2v) is 7.27. The van der Waals surface area contributed by atoms with Crippen LogP contribution in [0.3, 0.4) is 0 Å². The zero-order valence-electron chi connectivity index (χ0n) is 16.7. The number of carbonyl (C=O) groups excluding carboxylic acids is 1. The Morgan fingerprint density at radius 1 is 0.828 bits per heavy atom. The summed E-state index contributed by atoms with van der Waals surface area (Å²) in [4.78, 5) is 15.6. The molecule has 147 valence electrons. The van der Waals surface area contributed by atoms with Crippen molar-refractivity contribution in [3.8, 4) is 16.9 Å². The quantitative estimate of drug-likeness (QED) is 0.638. The molecule has 0 saturated carbocycles. The van der Waals surface area contributed by atoms with Crippen LogP contribution in [-0.4, -0.2) is 44.5 Å². The van der Waals surface area contributed by atoms with Crippen LogP contribution in [0.25, 0.3) is 11.1 Å². The maximum atomic E-state index is 10.7. The minimum absolute atomic E-state index is 0.598. The van der Waals surface area contributed by atoms with Crippen molar-refractivity contribution in [3.05, 3.63) is 83.9 Å². The van der Waals surface area contributed by atoms with Gasteiger partial charge in [-0.25, -0.2) is 0 Å². The smallest absolute Gasteiger partial charge is 0.233 e. The molecule has 3 aromatic carbocycles. The first-order valence-corrected chi connectivity index (χ1v) is 9.95. The number of para-hydroxylation sites is 1. The van der Waals surface area contributed by atoms with Gasteiger partial charge in [0.15, 0.2) is 0 Å². The van der Waals surface area contributed by atoms with Crippen molar-refractivity contribution < 1.29 is 9.53 Å². The summed E-state index contributed by atoms with van der Waals surface area (Å²) in [6.07, 6.45) is 1.93. The molecular weight excluding hydrogens is 360 g/mol. The maximum absolute atomic E-state index is 10.7. The third-order valence-corrected chi connectivity index (χ3v) is 5.53. The fourth-order valence-electron chi connectivity index (χ4n) is 3.93. The van der Waals surface area contributed by atoms with Crippen LogP contribution in [0.1, 0.15) is 11.1 Å². The van der Waals surface area contributed by atoms with E-state index in [1.165, 1.54) is 11.1 Å². The molecule has 1 aliphatic rings. The summed E-state index contributed by atoms with van der Waals surface area (Å²) in [5, 5.41) is 0. The van der Waals surface area contributed by atoms with Crippen molar-refractivity contribution in [2.45, 2.75) is 6.54 Å². The molecule has 0 N–H and O–H groups in total. The Bertz CT molecular complexity index is 961. The average molecular weight is 385 g/mol. The van der Waals surface area contributed by atoms with Gasteiger partial charge < -0.3 is 9.64 Å². The summed E-state index contributed by atoms with van der Waals surface area (Å²) in [6.45, 7) is 4.87. The van der Waals surface area contributed by atoms with E-state index >= 15 is 0 Å². The molecule has 0 amide bonds. The van der Waals surface area contributed by atoms with Gasteiger partial charge in [0.1, 0.15) is 5.75 Å². The van der Waals surface area contributed by atoms with Gasteiger partial charge in [0.25, 0.3) is 0 Å². The number of anilines is 1. The molecule has 29 heavy (non-hydrogen) atoms. The van der Waals surface area contributed by atoms with Crippen LogP contribution in [0.5, 0.6) is 5.75 Å². The number of hydrogen-bond acceptors (Lipinski definition) is 4. The third kappa shape index (κ3) is 4.33. The highest BCUT2D eigenvalue weighted by Crippen LogP contribution is 2.32. The van der Waals surface area contributed by atoms with Gasteiger partial charge in [0.2, 0.25) is 6.29 Å². The topological polar surface area (TPSA) is 32.8 Å². The lowest BCUT2D eigenvalue weighted by atomic mass is 9.98. The normalized spacial score (nSPS) is 14.6. The number of piperazine rings is 1. The van der Waals surface area contributed by atoms with Crippen molar-refractivity contribution in [2.75, 3.05) is 38.2 Å². The molecule has 0 spiro atoms. The average Bonchev–Trinajstić information content (AvgIpc) is 2.80. The number of ether oxygens (including phenoxy) is 1. The van der Waals surface area contributed by atoms with Gasteiger partial charge in [-0.15, -0.1) is 0 Å². The number of rotatable bonds is 6. The van der Waals surface area contributed by atoms with Crippen LogP contribution in [0, 0.1) is 0 Å². The molecule has 0 bridgehead atoms. The Morgan fingerprint density at radius 2 is 1.48 bits per heavy atom. The lowest BCUT2D eigenvalue weighted by Crippen LogP contribution is -2.46. The van der Waals surface area contributed by atoms with Crippen molar-refractivity contribution in [1.82, 2.24) is 4.90 Å². The van der Waals surface area contributed by atoms with E-state index in [-0.39, 0.29) is 0 Å². The molecule has 4 rings (SSSR count). The minimum atomic E-state index is 0.598. The lowest BCUT2D eigenvalue weighted by molar-refractivity contribution is 0.250. The molecular formula is C25H25N2O2. The molecule has 4 heteroatoms. The van der Waals surface area contributed by atoms with Crippen LogP contribution in [0.15, 0.2) is 72.8 Å². The first-order chi connectivity index (χ1) is 14.3. The van der Waals surface area contributed by atoms with Gasteiger partial charge in [-0.3, -0.25) is 9.69 Å². The first kappa shape index (κ1) is 19.2. The molecule has 0 aliphatic carbocycles. The molecule has 1 fully saturated rings. The molecule has 0 aromatic heterocycles. The summed E-state index contributed by atoms with van der Waals surface area (Å²) < 4.78 is 5.58. The van der Waals surface area contributed by atoms with Crippen molar-refractivity contribution in [1.29, 1.82) is 0 Å². The second kappa shape index (κ2) is 8.93. The summed E-state index contributed by atoms with van der Waals surface area (Å²) in [5.74, 6) is 0.904. The molecule has 4 nitrogen and oxygen atoms in total. The van der Waals surface area contributed by atoms with Gasteiger partial charge in [-0.1, -0.05) is 42.5 Å². The summed E-state index contributed by atoms with van der Waals surface area (Å²) in [6, 6.07) is 24.5. The fourth-order valence-corrected chi connectivity index (χ4v) is 3.93. The maximum Gasteiger partial charge on any atom is 0.233 e. The van der Waals surface area contributed by atoms with E-state index in [0.29, 0.717) is 5.56 Å². The van der Waals surface area contributed by atoms with Crippen LogP contribution in [0.2, 0.25) is 0 Å². The number of benzene rings is 3. The monoisotopic (exact) mass is 385 g/mol. The third-order valence-electron chi connectivity index (χ3n) is 5.53. The molecule has 0 atom stereocenters. The highest BCUT2D eigenvalue weighted by atomic mass is 16.5. The largest absolute Gasteiger partial charge is 0.496 e. The molecule has 1 heterocycles. The van der Waals surface area contributed by atoms with Crippen molar-refractivity contribution in [2.24, 2.45) is 0 Å². The van der Waals surface area contributed by atoms with Gasteiger partial charge in [0, 0.05) is 49.5 Å². The summed E-state index contributed by atoms with van der Waals surface area (Å²) in [5.41, 5.74) is 5.44. The van der Waals surface area contributed by atoms with Gasteiger partial charge in [-0.2, -0.15) is 0 Å². The number of nitrogens with zero attached hydrogens (tertiary/aromatic N) is 2. The fraction of sp³-hybridized carbons (Fsp3) is 0.240. The Kier molecular flexibility index (Phi) is 5.92. The second-order valence-electron chi connectivity index (χ2n) is 7.27. The lowest BCUT2D eigenvalue weighted by Gasteiger charge is -2.36. The van der Waals surface area contributed by atoms with Crippen LogP contribution in [0.4, 0.5) is 5.69 Å². The molecule has 0 unspecified atom stereocenters. The van der Waals surface area contributed by atoms with Crippen LogP contribution < -0.4 is 9.64 Å². The van der Waals surface area contributed by atoms with Gasteiger partial charge in [-0.05, 0) is 41.5 Å². The Morgan fingerprint density at radius 3 is 2.17 bits per heavy atom. The van der Waals surface area contributed by atoms with E-state index in [1.807, 2.05) is 42.7 Å². The van der Waals surface area contributed by atoms with Crippen molar-refractivity contribution in [3.63, 3.8) is 0 Å². The zero-order chi connectivity index (χ0) is 20.1. The standard InChI is InChI=1S/C25H25N2O2/c1-29-25-9-5-4-8-24(25)23-7-3-2-6-21(23)18-26-14-16-27(17-15-26)22-12-10-20(19-28)11-13-22/h2-13H,14-18H2,1H3. The predicted molar refractivity (Wildman–Crippen MR) is 117 cm³/mol. The highest BCUT2D eigenvalue weighted by molar-refractivity contribution is 5.76. The van der Waals surface area contributed by atoms with E-state index in [9.17, 15) is 4.79 Å². The molecule has 3 aromatic rings. The van der Waals surface area contributed by atoms with Gasteiger partial charge in [0.05, 0.1) is 7.11 Å². The predicted octanol–water partition coefficient (Wildman–Crippen LogP) is 4.14. The Hall–Kier alpha value is -3.11. The Labute approximate surface area is 172 Å². The first-order valence-electron chi connectivity index (χ1n) is 9.95. The van der Waals surface area contributed by atoms with Crippen molar-refractivity contribution >= 4 is 12.0 Å². The van der Waals surface area contributed by atoms with Gasteiger partial charge >= 0.3 is 0 Å². The summed E-state index contributed by atoms with van der Waals surface area (Å²) in [7, 11) is 1.72. The minimum Gasteiger partial charge on any atom is -0.496 e.